The summed E-state index contributed by atoms with van der Waals surface area (Å²) < 4.78 is 0.683. The lowest BCUT2D eigenvalue weighted by Crippen LogP contribution is -2.31. The first-order valence-corrected chi connectivity index (χ1v) is 9.99. The van der Waals surface area contributed by atoms with E-state index < -0.39 is 0 Å². The van der Waals surface area contributed by atoms with E-state index >= 15 is 0 Å². The van der Waals surface area contributed by atoms with Crippen molar-refractivity contribution in [3.05, 3.63) is 74.7 Å². The van der Waals surface area contributed by atoms with E-state index in [0.29, 0.717) is 37.7 Å². The molecule has 0 fully saturated rings. The van der Waals surface area contributed by atoms with Crippen LogP contribution in [-0.2, 0) is 6.42 Å². The van der Waals surface area contributed by atoms with Gasteiger partial charge in [-0.25, -0.2) is 0 Å². The molecule has 0 atom stereocenters. The van der Waals surface area contributed by atoms with Crippen molar-refractivity contribution in [3.8, 4) is 0 Å². The number of anilines is 1. The van der Waals surface area contributed by atoms with Crippen LogP contribution in [0, 0.1) is 0 Å². The summed E-state index contributed by atoms with van der Waals surface area (Å²) in [6.07, 6.45) is 0.369. The topological polar surface area (TPSA) is 92.3 Å². The number of carbonyl (C=O) groups is 3. The summed E-state index contributed by atoms with van der Waals surface area (Å²) >= 11 is 4.55. The number of nitrogens with one attached hydrogen (secondary N) is 1. The molecular formula is C19H13BrN4O3S. The van der Waals surface area contributed by atoms with Crippen LogP contribution in [0.25, 0.3) is 0 Å². The number of aromatic nitrogens is 2. The molecule has 1 aliphatic rings. The molecule has 1 N–H and O–H groups in total. The third kappa shape index (κ3) is 3.46. The molecule has 7 nitrogen and oxygen atoms in total. The maximum Gasteiger partial charge on any atom is 0.261 e. The van der Waals surface area contributed by atoms with Gasteiger partial charge in [0, 0.05) is 17.4 Å². The predicted molar refractivity (Wildman–Crippen MR) is 108 cm³/mol. The van der Waals surface area contributed by atoms with Crippen LogP contribution in [-0.4, -0.2) is 39.4 Å². The van der Waals surface area contributed by atoms with Gasteiger partial charge in [0.05, 0.1) is 16.7 Å². The molecule has 3 aromatic rings. The van der Waals surface area contributed by atoms with Crippen LogP contribution < -0.4 is 5.32 Å². The van der Waals surface area contributed by atoms with Crippen LogP contribution in [0.15, 0.2) is 53.0 Å². The lowest BCUT2D eigenvalue weighted by molar-refractivity contribution is 0.0655. The zero-order chi connectivity index (χ0) is 19.7. The zero-order valence-corrected chi connectivity index (χ0v) is 16.8. The van der Waals surface area contributed by atoms with Gasteiger partial charge >= 0.3 is 0 Å². The van der Waals surface area contributed by atoms with Crippen LogP contribution in [0.5, 0.6) is 0 Å². The second-order valence-corrected chi connectivity index (χ2v) is 7.91. The van der Waals surface area contributed by atoms with Gasteiger partial charge in [0.25, 0.3) is 17.7 Å². The van der Waals surface area contributed by atoms with Crippen molar-refractivity contribution in [2.24, 2.45) is 0 Å². The van der Waals surface area contributed by atoms with Crippen LogP contribution >= 0.6 is 27.3 Å². The molecule has 0 unspecified atom stereocenters. The number of imide groups is 1. The summed E-state index contributed by atoms with van der Waals surface area (Å²) in [6.45, 7) is 0.207. The normalized spacial score (nSPS) is 13.0. The first kappa shape index (κ1) is 18.5. The average molecular weight is 457 g/mol. The minimum atomic E-state index is -0.299. The Bertz CT molecular complexity index is 1060. The molecule has 0 aliphatic carbocycles. The Morgan fingerprint density at radius 1 is 1.00 bits per heavy atom. The molecule has 140 valence electrons. The predicted octanol–water partition coefficient (Wildman–Crippen LogP) is 3.39. The Balaban J connectivity index is 1.40. The average Bonchev–Trinajstić information content (AvgIpc) is 3.24. The maximum atomic E-state index is 12.4. The molecule has 1 aliphatic heterocycles. The molecule has 28 heavy (non-hydrogen) atoms. The summed E-state index contributed by atoms with van der Waals surface area (Å²) in [5.41, 5.74) is 1.34. The van der Waals surface area contributed by atoms with E-state index in [-0.39, 0.29) is 24.3 Å². The van der Waals surface area contributed by atoms with E-state index in [1.807, 2.05) is 6.07 Å². The van der Waals surface area contributed by atoms with E-state index in [0.717, 1.165) is 0 Å². The monoisotopic (exact) mass is 456 g/mol. The largest absolute Gasteiger partial charge is 0.296 e. The van der Waals surface area contributed by atoms with Gasteiger partial charge in [0.2, 0.25) is 5.13 Å². The van der Waals surface area contributed by atoms with Crippen LogP contribution in [0.1, 0.15) is 36.1 Å². The highest BCUT2D eigenvalue weighted by Gasteiger charge is 2.34. The maximum absolute atomic E-state index is 12.4. The first-order valence-electron chi connectivity index (χ1n) is 8.38. The van der Waals surface area contributed by atoms with Crippen molar-refractivity contribution in [2.75, 3.05) is 11.9 Å². The van der Waals surface area contributed by atoms with Gasteiger partial charge < -0.3 is 0 Å². The Morgan fingerprint density at radius 3 is 2.32 bits per heavy atom. The van der Waals surface area contributed by atoms with Gasteiger partial charge in [-0.3, -0.25) is 24.6 Å². The summed E-state index contributed by atoms with van der Waals surface area (Å²) in [5, 5.41) is 11.7. The molecule has 3 amide bonds. The number of amides is 3. The van der Waals surface area contributed by atoms with E-state index in [1.165, 1.54) is 16.2 Å². The third-order valence-electron chi connectivity index (χ3n) is 4.23. The number of nitrogens with zero attached hydrogens (tertiary/aromatic N) is 3. The lowest BCUT2D eigenvalue weighted by atomic mass is 10.1. The summed E-state index contributed by atoms with van der Waals surface area (Å²) in [5.74, 6) is -0.893. The number of hydrogen-bond acceptors (Lipinski definition) is 6. The zero-order valence-electron chi connectivity index (χ0n) is 14.4. The smallest absolute Gasteiger partial charge is 0.261 e. The Kier molecular flexibility index (Phi) is 5.01. The number of fused-ring (bicyclic) bond motifs is 1. The standard InChI is InChI=1S/C19H13BrN4O3S/c20-14-8-4-3-7-13(14)16(25)21-19-23-22-15(28-19)9-10-24-17(26)11-5-1-2-6-12(11)18(24)27/h1-8H,9-10H2,(H,21,23,25). The van der Waals surface area contributed by atoms with Gasteiger partial charge in [-0.15, -0.1) is 10.2 Å². The Hall–Kier alpha value is -2.91. The van der Waals surface area contributed by atoms with Gasteiger partial charge in [0.15, 0.2) is 0 Å². The first-order chi connectivity index (χ1) is 13.5. The van der Waals surface area contributed by atoms with Crippen molar-refractivity contribution >= 4 is 50.1 Å². The van der Waals surface area contributed by atoms with Gasteiger partial charge in [0.1, 0.15) is 5.01 Å². The van der Waals surface area contributed by atoms with Crippen molar-refractivity contribution < 1.29 is 14.4 Å². The Morgan fingerprint density at radius 2 is 1.64 bits per heavy atom. The molecule has 0 bridgehead atoms. The van der Waals surface area contributed by atoms with E-state index in [9.17, 15) is 14.4 Å². The van der Waals surface area contributed by atoms with Crippen molar-refractivity contribution in [2.45, 2.75) is 6.42 Å². The number of hydrogen-bond donors (Lipinski definition) is 1. The number of rotatable bonds is 5. The molecule has 9 heteroatoms. The van der Waals surface area contributed by atoms with Gasteiger partial charge in [-0.1, -0.05) is 35.6 Å². The fraction of sp³-hybridized carbons (Fsp3) is 0.105. The van der Waals surface area contributed by atoms with Crippen LogP contribution in [0.3, 0.4) is 0 Å². The van der Waals surface area contributed by atoms with E-state index in [2.05, 4.69) is 31.4 Å². The van der Waals surface area contributed by atoms with Crippen LogP contribution in [0.4, 0.5) is 5.13 Å². The second-order valence-electron chi connectivity index (χ2n) is 5.99. The highest BCUT2D eigenvalue weighted by molar-refractivity contribution is 9.10. The second kappa shape index (κ2) is 7.61. The van der Waals surface area contributed by atoms with Crippen LogP contribution in [0.2, 0.25) is 0 Å². The van der Waals surface area contributed by atoms with E-state index in [1.54, 1.807) is 42.5 Å². The minimum Gasteiger partial charge on any atom is -0.296 e. The molecule has 0 radical (unpaired) electrons. The summed E-state index contributed by atoms with van der Waals surface area (Å²) in [6, 6.07) is 13.8. The fourth-order valence-electron chi connectivity index (χ4n) is 2.86. The quantitative estimate of drug-likeness (QED) is 0.593. The van der Waals surface area contributed by atoms with Crippen molar-refractivity contribution in [1.82, 2.24) is 15.1 Å². The highest BCUT2D eigenvalue weighted by Crippen LogP contribution is 2.24. The van der Waals surface area contributed by atoms with Gasteiger partial charge in [-0.2, -0.15) is 0 Å². The molecule has 2 aromatic carbocycles. The molecule has 2 heterocycles. The molecule has 1 aromatic heterocycles. The molecule has 0 saturated heterocycles. The number of carbonyl (C=O) groups excluding carboxylic acids is 3. The molecule has 4 rings (SSSR count). The fourth-order valence-corrected chi connectivity index (χ4v) is 4.05. The van der Waals surface area contributed by atoms with Crippen molar-refractivity contribution in [1.29, 1.82) is 0 Å². The summed E-state index contributed by atoms with van der Waals surface area (Å²) in [4.78, 5) is 38.3. The Labute approximate surface area is 172 Å². The number of benzene rings is 2. The third-order valence-corrected chi connectivity index (χ3v) is 5.82. The lowest BCUT2D eigenvalue weighted by Gasteiger charge is -2.12. The molecule has 0 saturated carbocycles. The van der Waals surface area contributed by atoms with Crippen molar-refractivity contribution in [3.63, 3.8) is 0 Å². The summed E-state index contributed by atoms with van der Waals surface area (Å²) in [7, 11) is 0. The van der Waals surface area contributed by atoms with Gasteiger partial charge in [-0.05, 0) is 40.2 Å². The minimum absolute atomic E-state index is 0.207. The highest BCUT2D eigenvalue weighted by atomic mass is 79.9. The molecule has 0 spiro atoms. The van der Waals surface area contributed by atoms with E-state index in [4.69, 9.17) is 0 Å². The molecular weight excluding hydrogens is 444 g/mol. The number of halogens is 1. The SMILES string of the molecule is O=C(Nc1nnc(CCN2C(=O)c3ccccc3C2=O)s1)c1ccccc1Br.